The second-order valence-electron chi connectivity index (χ2n) is 6.67. The van der Waals surface area contributed by atoms with E-state index in [0.29, 0.717) is 24.4 Å². The van der Waals surface area contributed by atoms with E-state index < -0.39 is 0 Å². The molecule has 0 bridgehead atoms. The fourth-order valence-corrected chi connectivity index (χ4v) is 3.17. The van der Waals surface area contributed by atoms with E-state index in [1.807, 2.05) is 63.2 Å². The van der Waals surface area contributed by atoms with Crippen molar-refractivity contribution in [3.63, 3.8) is 0 Å². The molecule has 0 atom stereocenters. The first-order chi connectivity index (χ1) is 13.0. The molecule has 0 saturated carbocycles. The van der Waals surface area contributed by atoms with Crippen molar-refractivity contribution in [1.29, 1.82) is 0 Å². The summed E-state index contributed by atoms with van der Waals surface area (Å²) in [6.45, 7) is 8.69. The maximum atomic E-state index is 12.6. The van der Waals surface area contributed by atoms with Crippen LogP contribution in [0.15, 0.2) is 48.5 Å². The summed E-state index contributed by atoms with van der Waals surface area (Å²) in [4.78, 5) is 12.6. The third kappa shape index (κ3) is 4.19. The molecule has 3 rings (SSSR count). The maximum Gasteiger partial charge on any atom is 0.255 e. The zero-order valence-corrected chi connectivity index (χ0v) is 16.2. The number of amides is 1. The smallest absolute Gasteiger partial charge is 0.255 e. The van der Waals surface area contributed by atoms with Gasteiger partial charge in [-0.25, -0.2) is 4.68 Å². The molecule has 2 aromatic carbocycles. The number of aromatic nitrogens is 2. The molecule has 0 aliphatic heterocycles. The van der Waals surface area contributed by atoms with Gasteiger partial charge in [-0.3, -0.25) is 4.79 Å². The summed E-state index contributed by atoms with van der Waals surface area (Å²) in [5, 5.41) is 7.45. The summed E-state index contributed by atoms with van der Waals surface area (Å²) in [5.41, 5.74) is 5.39. The highest BCUT2D eigenvalue weighted by Crippen LogP contribution is 2.19. The van der Waals surface area contributed by atoms with Crippen LogP contribution in [-0.2, 0) is 0 Å². The van der Waals surface area contributed by atoms with Crippen LogP contribution in [-0.4, -0.2) is 28.8 Å². The molecule has 1 amide bonds. The minimum Gasteiger partial charge on any atom is -0.491 e. The minimum absolute atomic E-state index is 0.128. The number of para-hydroxylation sites is 1. The van der Waals surface area contributed by atoms with Gasteiger partial charge in [0.05, 0.1) is 29.2 Å². The first-order valence-electron chi connectivity index (χ1n) is 9.07. The van der Waals surface area contributed by atoms with Gasteiger partial charge in [-0.1, -0.05) is 35.9 Å². The number of nitrogens with zero attached hydrogens (tertiary/aromatic N) is 2. The van der Waals surface area contributed by atoms with Gasteiger partial charge in [-0.2, -0.15) is 5.10 Å². The van der Waals surface area contributed by atoms with Crippen LogP contribution in [0.25, 0.3) is 5.69 Å². The van der Waals surface area contributed by atoms with Gasteiger partial charge in [0.15, 0.2) is 0 Å². The number of benzene rings is 2. The van der Waals surface area contributed by atoms with Crippen LogP contribution in [0.2, 0.25) is 0 Å². The molecule has 1 heterocycles. The number of nitrogens with one attached hydrogen (secondary N) is 1. The molecule has 140 valence electrons. The lowest BCUT2D eigenvalue weighted by atomic mass is 10.1. The van der Waals surface area contributed by atoms with E-state index in [9.17, 15) is 4.79 Å². The van der Waals surface area contributed by atoms with Crippen molar-refractivity contribution in [3.8, 4) is 11.4 Å². The Kier molecular flexibility index (Phi) is 5.60. The topological polar surface area (TPSA) is 56.1 Å². The van der Waals surface area contributed by atoms with Crippen molar-refractivity contribution in [2.45, 2.75) is 27.7 Å². The largest absolute Gasteiger partial charge is 0.491 e. The zero-order chi connectivity index (χ0) is 19.4. The Labute approximate surface area is 160 Å². The van der Waals surface area contributed by atoms with Crippen molar-refractivity contribution in [2.75, 3.05) is 13.2 Å². The first-order valence-corrected chi connectivity index (χ1v) is 9.07. The van der Waals surface area contributed by atoms with E-state index in [2.05, 4.69) is 23.4 Å². The molecule has 3 aromatic rings. The molecule has 0 aliphatic carbocycles. The summed E-state index contributed by atoms with van der Waals surface area (Å²) in [6.07, 6.45) is 0. The van der Waals surface area contributed by atoms with E-state index in [1.54, 1.807) is 4.68 Å². The average Bonchev–Trinajstić information content (AvgIpc) is 2.95. The van der Waals surface area contributed by atoms with Crippen molar-refractivity contribution in [2.24, 2.45) is 0 Å². The molecule has 0 aliphatic rings. The standard InChI is InChI=1S/C22H25N3O2/c1-15-10-11-20(16(2)14-15)27-13-12-23-22(26)21-17(3)24-25(18(21)4)19-8-6-5-7-9-19/h5-11,14H,12-13H2,1-4H3,(H,23,26). The summed E-state index contributed by atoms with van der Waals surface area (Å²) >= 11 is 0. The minimum atomic E-state index is -0.128. The summed E-state index contributed by atoms with van der Waals surface area (Å²) in [5.74, 6) is 0.718. The normalized spacial score (nSPS) is 10.7. The maximum absolute atomic E-state index is 12.6. The van der Waals surface area contributed by atoms with Gasteiger partial charge in [0.2, 0.25) is 0 Å². The van der Waals surface area contributed by atoms with E-state index in [0.717, 1.165) is 22.7 Å². The Morgan fingerprint density at radius 1 is 1.07 bits per heavy atom. The van der Waals surface area contributed by atoms with Gasteiger partial charge in [-0.15, -0.1) is 0 Å². The van der Waals surface area contributed by atoms with Crippen LogP contribution < -0.4 is 10.1 Å². The SMILES string of the molecule is Cc1ccc(OCCNC(=O)c2c(C)nn(-c3ccccc3)c2C)c(C)c1. The Balaban J connectivity index is 1.62. The molecule has 0 unspecified atom stereocenters. The fourth-order valence-electron chi connectivity index (χ4n) is 3.17. The first kappa shape index (κ1) is 18.7. The lowest BCUT2D eigenvalue weighted by Crippen LogP contribution is -2.29. The molecule has 0 spiro atoms. The molecule has 0 fully saturated rings. The van der Waals surface area contributed by atoms with E-state index in [1.165, 1.54) is 5.56 Å². The third-order valence-electron chi connectivity index (χ3n) is 4.49. The van der Waals surface area contributed by atoms with Crippen molar-refractivity contribution < 1.29 is 9.53 Å². The molecular weight excluding hydrogens is 338 g/mol. The lowest BCUT2D eigenvalue weighted by molar-refractivity contribution is 0.0945. The molecule has 27 heavy (non-hydrogen) atoms. The highest BCUT2D eigenvalue weighted by molar-refractivity contribution is 5.96. The van der Waals surface area contributed by atoms with Crippen LogP contribution in [0.3, 0.4) is 0 Å². The van der Waals surface area contributed by atoms with Gasteiger partial charge in [-0.05, 0) is 51.5 Å². The number of rotatable bonds is 6. The highest BCUT2D eigenvalue weighted by atomic mass is 16.5. The Morgan fingerprint density at radius 3 is 2.52 bits per heavy atom. The number of ether oxygens (including phenoxy) is 1. The van der Waals surface area contributed by atoms with Crippen LogP contribution in [0.4, 0.5) is 0 Å². The molecule has 0 saturated heterocycles. The fraction of sp³-hybridized carbons (Fsp3) is 0.273. The average molecular weight is 363 g/mol. The number of aryl methyl sites for hydroxylation is 3. The van der Waals surface area contributed by atoms with Crippen LogP contribution in [0, 0.1) is 27.7 Å². The Hall–Kier alpha value is -3.08. The van der Waals surface area contributed by atoms with Gasteiger partial charge in [0.1, 0.15) is 12.4 Å². The van der Waals surface area contributed by atoms with Gasteiger partial charge in [0.25, 0.3) is 5.91 Å². The summed E-state index contributed by atoms with van der Waals surface area (Å²) in [7, 11) is 0. The molecule has 5 nitrogen and oxygen atoms in total. The van der Waals surface area contributed by atoms with E-state index in [4.69, 9.17) is 4.74 Å². The quantitative estimate of drug-likeness (QED) is 0.676. The summed E-state index contributed by atoms with van der Waals surface area (Å²) < 4.78 is 7.58. The van der Waals surface area contributed by atoms with Gasteiger partial charge >= 0.3 is 0 Å². The van der Waals surface area contributed by atoms with Gasteiger partial charge in [0, 0.05) is 0 Å². The Bertz CT molecular complexity index is 946. The van der Waals surface area contributed by atoms with Crippen molar-refractivity contribution in [1.82, 2.24) is 15.1 Å². The van der Waals surface area contributed by atoms with Crippen molar-refractivity contribution in [3.05, 3.63) is 76.6 Å². The van der Waals surface area contributed by atoms with Crippen LogP contribution in [0.5, 0.6) is 5.75 Å². The second-order valence-corrected chi connectivity index (χ2v) is 6.67. The number of hydrogen-bond donors (Lipinski definition) is 1. The van der Waals surface area contributed by atoms with E-state index in [-0.39, 0.29) is 5.91 Å². The Morgan fingerprint density at radius 2 is 1.81 bits per heavy atom. The number of carbonyl (C=O) groups is 1. The monoisotopic (exact) mass is 363 g/mol. The molecular formula is C22H25N3O2. The number of hydrogen-bond acceptors (Lipinski definition) is 3. The van der Waals surface area contributed by atoms with Crippen LogP contribution in [0.1, 0.15) is 32.9 Å². The molecule has 1 N–H and O–H groups in total. The van der Waals surface area contributed by atoms with Crippen molar-refractivity contribution >= 4 is 5.91 Å². The molecule has 0 radical (unpaired) electrons. The molecule has 5 heteroatoms. The van der Waals surface area contributed by atoms with E-state index >= 15 is 0 Å². The number of carbonyl (C=O) groups excluding carboxylic acids is 1. The second kappa shape index (κ2) is 8.08. The predicted octanol–water partition coefficient (Wildman–Crippen LogP) is 3.91. The molecule has 1 aromatic heterocycles. The van der Waals surface area contributed by atoms with Crippen LogP contribution >= 0.6 is 0 Å². The summed E-state index contributed by atoms with van der Waals surface area (Å²) in [6, 6.07) is 15.9. The predicted molar refractivity (Wildman–Crippen MR) is 107 cm³/mol. The lowest BCUT2D eigenvalue weighted by Gasteiger charge is -2.11. The van der Waals surface area contributed by atoms with Gasteiger partial charge < -0.3 is 10.1 Å². The highest BCUT2D eigenvalue weighted by Gasteiger charge is 2.19. The zero-order valence-electron chi connectivity index (χ0n) is 16.2. The third-order valence-corrected chi connectivity index (χ3v) is 4.49.